The van der Waals surface area contributed by atoms with Gasteiger partial charge in [-0.15, -0.1) is 12.4 Å². The van der Waals surface area contributed by atoms with E-state index in [0.29, 0.717) is 21.9 Å². The molecule has 220 valence electrons. The minimum Gasteiger partial charge on any atom is -0.476 e. The van der Waals surface area contributed by atoms with Crippen molar-refractivity contribution in [3.8, 4) is 5.75 Å². The molecule has 41 heavy (non-hydrogen) atoms. The molecule has 0 aliphatic heterocycles. The van der Waals surface area contributed by atoms with E-state index in [1.165, 1.54) is 0 Å². The molecule has 0 radical (unpaired) electrons. The van der Waals surface area contributed by atoms with Crippen molar-refractivity contribution in [1.82, 2.24) is 9.97 Å². The van der Waals surface area contributed by atoms with Crippen molar-refractivity contribution in [2.24, 2.45) is 16.5 Å². The van der Waals surface area contributed by atoms with Gasteiger partial charge in [0.25, 0.3) is 0 Å². The first-order valence-electron chi connectivity index (χ1n) is 11.6. The summed E-state index contributed by atoms with van der Waals surface area (Å²) in [6.07, 6.45) is -0.213. The zero-order valence-electron chi connectivity index (χ0n) is 22.6. The summed E-state index contributed by atoms with van der Waals surface area (Å²) in [4.78, 5) is 46.2. The molecule has 0 saturated heterocycles. The standard InChI is InChI=1S/C20H21ClO4.C6H8ClN7O.ClH/c1-13(2)24-19(23)20(3,4)25-17-11-7-15(8-12-17)18(22)14-5-9-16(21)10-6-14;7-2-4(9)13-3(8)1(12-2)5(15)14-6(10)11;/h5-13H,1-4H3;(H4,8,9,13)(H4,10,11,14,15);1H. The van der Waals surface area contributed by atoms with Crippen LogP contribution in [0.4, 0.5) is 11.6 Å². The summed E-state index contributed by atoms with van der Waals surface area (Å²) < 4.78 is 10.9. The van der Waals surface area contributed by atoms with Crippen LogP contribution in [0.25, 0.3) is 0 Å². The van der Waals surface area contributed by atoms with Crippen molar-refractivity contribution < 1.29 is 23.9 Å². The second-order valence-corrected chi connectivity index (χ2v) is 9.70. The molecule has 12 nitrogen and oxygen atoms in total. The average Bonchev–Trinajstić information content (AvgIpc) is 2.86. The number of carbonyl (C=O) groups is 3. The quantitative estimate of drug-likeness (QED) is 0.128. The fourth-order valence-corrected chi connectivity index (χ4v) is 3.16. The Kier molecular flexibility index (Phi) is 12.8. The SMILES string of the molecule is CC(C)OC(=O)C(C)(C)Oc1ccc(C(=O)c2ccc(Cl)cc2)cc1.Cl.NC(N)=NC(=O)c1nc(Cl)c(N)nc1N. The lowest BCUT2D eigenvalue weighted by atomic mass is 10.0. The zero-order valence-corrected chi connectivity index (χ0v) is 24.9. The summed E-state index contributed by atoms with van der Waals surface area (Å²) >= 11 is 11.4. The van der Waals surface area contributed by atoms with E-state index >= 15 is 0 Å². The Morgan fingerprint density at radius 3 is 1.88 bits per heavy atom. The molecule has 0 spiro atoms. The third-order valence-electron chi connectivity index (χ3n) is 4.77. The van der Waals surface area contributed by atoms with Crippen LogP contribution in [0, 0.1) is 0 Å². The van der Waals surface area contributed by atoms with Gasteiger partial charge in [0.2, 0.25) is 0 Å². The van der Waals surface area contributed by atoms with Crippen molar-refractivity contribution in [3.05, 3.63) is 75.5 Å². The van der Waals surface area contributed by atoms with Crippen LogP contribution in [0.1, 0.15) is 54.1 Å². The Morgan fingerprint density at radius 2 is 1.39 bits per heavy atom. The van der Waals surface area contributed by atoms with Crippen molar-refractivity contribution in [2.45, 2.75) is 39.4 Å². The average molecular weight is 627 g/mol. The predicted molar refractivity (Wildman–Crippen MR) is 161 cm³/mol. The molecule has 0 unspecified atom stereocenters. The highest BCUT2D eigenvalue weighted by molar-refractivity contribution is 6.32. The summed E-state index contributed by atoms with van der Waals surface area (Å²) in [5, 5.41) is 0.439. The number of carbonyl (C=O) groups excluding carboxylic acids is 3. The lowest BCUT2D eigenvalue weighted by Gasteiger charge is -2.25. The smallest absolute Gasteiger partial charge is 0.350 e. The highest BCUT2D eigenvalue weighted by Gasteiger charge is 2.32. The number of anilines is 2. The van der Waals surface area contributed by atoms with Crippen LogP contribution in [0.15, 0.2) is 53.5 Å². The first-order chi connectivity index (χ1) is 18.6. The van der Waals surface area contributed by atoms with Gasteiger partial charge in [0, 0.05) is 16.1 Å². The fraction of sp³-hybridized carbons (Fsp3) is 0.231. The van der Waals surface area contributed by atoms with Crippen molar-refractivity contribution >= 4 is 70.9 Å². The number of ether oxygens (including phenoxy) is 2. The molecule has 3 aromatic rings. The normalized spacial score (nSPS) is 10.4. The Labute approximate surface area is 252 Å². The number of nitrogens with zero attached hydrogens (tertiary/aromatic N) is 3. The van der Waals surface area contributed by atoms with Gasteiger partial charge >= 0.3 is 11.9 Å². The van der Waals surface area contributed by atoms with Gasteiger partial charge < -0.3 is 32.4 Å². The van der Waals surface area contributed by atoms with Gasteiger partial charge in [0.15, 0.2) is 39.8 Å². The predicted octanol–water partition coefficient (Wildman–Crippen LogP) is 3.81. The van der Waals surface area contributed by atoms with Crippen molar-refractivity contribution in [3.63, 3.8) is 0 Å². The van der Waals surface area contributed by atoms with Crippen molar-refractivity contribution in [2.75, 3.05) is 11.5 Å². The minimum absolute atomic E-state index is 0. The van der Waals surface area contributed by atoms with E-state index in [9.17, 15) is 14.4 Å². The number of benzene rings is 2. The highest BCUT2D eigenvalue weighted by atomic mass is 35.5. The summed E-state index contributed by atoms with van der Waals surface area (Å²) in [5.41, 5.74) is 20.4. The van der Waals surface area contributed by atoms with Crippen LogP contribution in [0.2, 0.25) is 10.2 Å². The molecule has 15 heteroatoms. The lowest BCUT2D eigenvalue weighted by molar-refractivity contribution is -0.163. The lowest BCUT2D eigenvalue weighted by Crippen LogP contribution is -2.40. The van der Waals surface area contributed by atoms with Gasteiger partial charge in [-0.2, -0.15) is 4.99 Å². The topological polar surface area (TPSA) is 212 Å². The Morgan fingerprint density at radius 1 is 0.878 bits per heavy atom. The maximum atomic E-state index is 12.4. The van der Waals surface area contributed by atoms with Crippen LogP contribution in [0.5, 0.6) is 5.75 Å². The van der Waals surface area contributed by atoms with E-state index in [-0.39, 0.29) is 46.8 Å². The van der Waals surface area contributed by atoms with Gasteiger partial charge in [-0.3, -0.25) is 9.59 Å². The molecular formula is C26H30Cl3N7O5. The van der Waals surface area contributed by atoms with E-state index in [1.807, 2.05) is 0 Å². The molecular weight excluding hydrogens is 597 g/mol. The second kappa shape index (κ2) is 15.0. The molecule has 0 bridgehead atoms. The summed E-state index contributed by atoms with van der Waals surface area (Å²) in [7, 11) is 0. The van der Waals surface area contributed by atoms with Crippen LogP contribution < -0.4 is 27.7 Å². The van der Waals surface area contributed by atoms with Crippen LogP contribution in [-0.2, 0) is 9.53 Å². The maximum absolute atomic E-state index is 12.4. The van der Waals surface area contributed by atoms with Gasteiger partial charge in [0.1, 0.15) is 5.75 Å². The van der Waals surface area contributed by atoms with Crippen LogP contribution in [-0.4, -0.2) is 45.3 Å². The van der Waals surface area contributed by atoms with Gasteiger partial charge in [-0.25, -0.2) is 14.8 Å². The molecule has 1 heterocycles. The van der Waals surface area contributed by atoms with Crippen molar-refractivity contribution in [1.29, 1.82) is 0 Å². The number of aliphatic imine (C=N–C) groups is 1. The number of guanidine groups is 1. The Hall–Kier alpha value is -4.13. The van der Waals surface area contributed by atoms with Gasteiger partial charge in [-0.05, 0) is 76.2 Å². The van der Waals surface area contributed by atoms with E-state index in [0.717, 1.165) is 0 Å². The first-order valence-corrected chi connectivity index (χ1v) is 12.4. The molecule has 1 aromatic heterocycles. The first kappa shape index (κ1) is 34.9. The molecule has 0 fully saturated rings. The van der Waals surface area contributed by atoms with E-state index in [4.69, 9.17) is 55.6 Å². The number of nitrogen functional groups attached to an aromatic ring is 2. The van der Waals surface area contributed by atoms with Gasteiger partial charge in [0.05, 0.1) is 6.10 Å². The summed E-state index contributed by atoms with van der Waals surface area (Å²) in [6, 6.07) is 13.4. The van der Waals surface area contributed by atoms with Crippen LogP contribution in [0.3, 0.4) is 0 Å². The summed E-state index contributed by atoms with van der Waals surface area (Å²) in [5.74, 6) is -1.57. The molecule has 0 aliphatic rings. The molecule has 0 aliphatic carbocycles. The number of aromatic nitrogens is 2. The fourth-order valence-electron chi connectivity index (χ4n) is 2.90. The molecule has 0 atom stereocenters. The van der Waals surface area contributed by atoms with E-state index in [2.05, 4.69) is 15.0 Å². The number of rotatable bonds is 7. The van der Waals surface area contributed by atoms with E-state index in [1.54, 1.807) is 76.2 Å². The molecule has 3 rings (SSSR count). The Balaban J connectivity index is 0.000000451. The zero-order chi connectivity index (χ0) is 30.2. The number of esters is 1. The molecule has 1 amide bonds. The highest BCUT2D eigenvalue weighted by Crippen LogP contribution is 2.22. The third kappa shape index (κ3) is 10.4. The van der Waals surface area contributed by atoms with Gasteiger partial charge in [-0.1, -0.05) is 23.2 Å². The molecule has 2 aromatic carbocycles. The molecule has 8 N–H and O–H groups in total. The summed E-state index contributed by atoms with van der Waals surface area (Å²) in [6.45, 7) is 6.85. The molecule has 0 saturated carbocycles. The number of ketones is 1. The number of amides is 1. The monoisotopic (exact) mass is 625 g/mol. The number of halogens is 3. The van der Waals surface area contributed by atoms with Crippen LogP contribution >= 0.6 is 35.6 Å². The minimum atomic E-state index is -1.12. The Bertz CT molecular complexity index is 1410. The maximum Gasteiger partial charge on any atom is 0.350 e. The number of hydrogen-bond donors (Lipinski definition) is 4. The third-order valence-corrected chi connectivity index (χ3v) is 5.30. The number of nitrogens with two attached hydrogens (primary N) is 4. The number of hydrogen-bond acceptors (Lipinski definition) is 9. The second-order valence-electron chi connectivity index (χ2n) is 8.90. The van der Waals surface area contributed by atoms with E-state index < -0.39 is 23.4 Å². The largest absolute Gasteiger partial charge is 0.476 e.